The fraction of sp³-hybridized carbons (Fsp3) is 0.600. The molecule has 0 amide bonds. The minimum absolute atomic E-state index is 0. The molecule has 0 unspecified atom stereocenters. The zero-order valence-corrected chi connectivity index (χ0v) is 9.65. The Morgan fingerprint density at radius 2 is 2.27 bits per heavy atom. The van der Waals surface area contributed by atoms with Crippen LogP contribution in [0.5, 0.6) is 0 Å². The summed E-state index contributed by atoms with van der Waals surface area (Å²) in [6.07, 6.45) is 2.70. The number of aryl methyl sites for hydroxylation is 1. The van der Waals surface area contributed by atoms with Crippen LogP contribution in [0.2, 0.25) is 0 Å². The van der Waals surface area contributed by atoms with Crippen molar-refractivity contribution in [3.8, 4) is 0 Å². The second-order valence-electron chi connectivity index (χ2n) is 1.86. The second-order valence-corrected chi connectivity index (χ2v) is 1.86. The number of aromatic nitrogens is 3. The van der Waals surface area contributed by atoms with Crippen molar-refractivity contribution < 1.29 is 37.4 Å². The van der Waals surface area contributed by atoms with E-state index in [4.69, 9.17) is 0 Å². The molecule has 0 spiro atoms. The number of azo groups is 1. The van der Waals surface area contributed by atoms with Crippen molar-refractivity contribution in [2.24, 2.45) is 24.3 Å². The Morgan fingerprint density at radius 3 is 2.64 bits per heavy atom. The van der Waals surface area contributed by atoms with Gasteiger partial charge in [-0.05, 0) is 0 Å². The van der Waals surface area contributed by atoms with Crippen molar-refractivity contribution in [2.75, 3.05) is 7.05 Å². The number of hydrogen-bond donors (Lipinski definition) is 0. The Morgan fingerprint density at radius 1 is 1.64 bits per heavy atom. The maximum absolute atomic E-state index is 3.85. The maximum Gasteiger partial charge on any atom is 0.317 e. The van der Waals surface area contributed by atoms with Gasteiger partial charge in [0.05, 0.1) is 20.4 Å². The first-order chi connectivity index (χ1) is 4.75. The Bertz CT molecular complexity index is 253. The van der Waals surface area contributed by atoms with Gasteiger partial charge in [0.15, 0.2) is 0 Å². The van der Waals surface area contributed by atoms with Gasteiger partial charge in [0, 0.05) is 39.8 Å². The third-order valence-corrected chi connectivity index (χ3v) is 1.22. The second kappa shape index (κ2) is 4.67. The van der Waals surface area contributed by atoms with Crippen LogP contribution in [-0.4, -0.2) is 16.7 Å². The summed E-state index contributed by atoms with van der Waals surface area (Å²) in [5, 5.41) is 7.34. The summed E-state index contributed by atoms with van der Waals surface area (Å²) >= 11 is 0. The molecule has 1 aromatic heterocycles. The summed E-state index contributed by atoms with van der Waals surface area (Å²) in [6, 6.07) is 0. The van der Waals surface area contributed by atoms with Gasteiger partial charge in [-0.1, -0.05) is 5.11 Å². The van der Waals surface area contributed by atoms with E-state index in [0.29, 0.717) is 5.95 Å². The van der Waals surface area contributed by atoms with Gasteiger partial charge in [0.2, 0.25) is 0 Å². The molecular weight excluding hydrogens is 219 g/mol. The molecule has 0 fully saturated rings. The van der Waals surface area contributed by atoms with E-state index in [1.165, 1.54) is 0 Å². The van der Waals surface area contributed by atoms with Gasteiger partial charge in [0.25, 0.3) is 0 Å². The molecule has 0 aliphatic carbocycles. The largest absolute Gasteiger partial charge is 0.317 e. The summed E-state index contributed by atoms with van der Waals surface area (Å²) in [5.74, 6) is 0.560. The quantitative estimate of drug-likeness (QED) is 0.371. The fourth-order valence-corrected chi connectivity index (χ4v) is 0.567. The molecule has 57 valence electrons. The van der Waals surface area contributed by atoms with Crippen LogP contribution in [0.25, 0.3) is 0 Å². The third-order valence-electron chi connectivity index (χ3n) is 1.22. The summed E-state index contributed by atoms with van der Waals surface area (Å²) in [7, 11) is 5.28. The molecule has 1 heterocycles. The molecule has 1 aromatic rings. The molecule has 0 aromatic carbocycles. The molecule has 0 saturated carbocycles. The van der Waals surface area contributed by atoms with Crippen molar-refractivity contribution in [1.82, 2.24) is 9.67 Å². The van der Waals surface area contributed by atoms with Crippen LogP contribution in [0, 0.1) is 6.33 Å². The zero-order chi connectivity index (χ0) is 7.56. The number of hydrogen-bond acceptors (Lipinski definition) is 3. The van der Waals surface area contributed by atoms with Gasteiger partial charge in [-0.3, -0.25) is 9.67 Å². The van der Waals surface area contributed by atoms with Gasteiger partial charge in [-0.2, -0.15) is 0 Å². The molecule has 0 aliphatic rings. The van der Waals surface area contributed by atoms with Gasteiger partial charge >= 0.3 is 5.95 Å². The SMILES string of the molecule is CN=Nc1n[c-]n(C)[n+]1C.[Y]. The molecule has 11 heavy (non-hydrogen) atoms. The van der Waals surface area contributed by atoms with Crippen molar-refractivity contribution in [3.05, 3.63) is 6.33 Å². The van der Waals surface area contributed by atoms with Crippen molar-refractivity contribution in [1.29, 1.82) is 0 Å². The fourth-order valence-electron chi connectivity index (χ4n) is 0.567. The summed E-state index contributed by atoms with van der Waals surface area (Å²) < 4.78 is 3.44. The predicted molar refractivity (Wildman–Crippen MR) is 33.7 cm³/mol. The topological polar surface area (TPSA) is 46.4 Å². The molecule has 1 rings (SSSR count). The minimum Gasteiger partial charge on any atom is -0.313 e. The van der Waals surface area contributed by atoms with E-state index >= 15 is 0 Å². The normalized spacial score (nSPS) is 10.1. The van der Waals surface area contributed by atoms with Crippen molar-refractivity contribution >= 4 is 5.95 Å². The van der Waals surface area contributed by atoms with E-state index in [1.807, 2.05) is 14.1 Å². The molecule has 5 nitrogen and oxygen atoms in total. The third kappa shape index (κ3) is 2.41. The molecule has 0 N–H and O–H groups in total. The van der Waals surface area contributed by atoms with Gasteiger partial charge in [-0.25, -0.2) is 0 Å². The first kappa shape index (κ1) is 10.8. The monoisotopic (exact) mass is 228 g/mol. The Balaban J connectivity index is 0.000001000. The van der Waals surface area contributed by atoms with Gasteiger partial charge in [-0.15, -0.1) is 5.11 Å². The van der Waals surface area contributed by atoms with E-state index in [-0.39, 0.29) is 32.7 Å². The van der Waals surface area contributed by atoms with Gasteiger partial charge in [0.1, 0.15) is 0 Å². The van der Waals surface area contributed by atoms with E-state index in [0.717, 1.165) is 0 Å². The average Bonchev–Trinajstić information content (AvgIpc) is 2.20. The molecule has 0 atom stereocenters. The minimum atomic E-state index is 0. The van der Waals surface area contributed by atoms with Crippen LogP contribution in [-0.2, 0) is 46.8 Å². The van der Waals surface area contributed by atoms with E-state index < -0.39 is 0 Å². The van der Waals surface area contributed by atoms with Crippen molar-refractivity contribution in [2.45, 2.75) is 0 Å². The first-order valence-corrected chi connectivity index (χ1v) is 2.86. The summed E-state index contributed by atoms with van der Waals surface area (Å²) in [4.78, 5) is 3.85. The standard InChI is InChI=1S/C5H9N5.Y/c1-6-8-5-7-4-9(2)10(5)3;/h1-3H3;. The first-order valence-electron chi connectivity index (χ1n) is 2.86. The molecule has 0 aliphatic heterocycles. The zero-order valence-electron chi connectivity index (χ0n) is 6.81. The summed E-state index contributed by atoms with van der Waals surface area (Å²) in [6.45, 7) is 0. The molecule has 1 radical (unpaired) electrons. The Labute approximate surface area is 90.4 Å². The van der Waals surface area contributed by atoms with Gasteiger partial charge < -0.3 is 4.68 Å². The smallest absolute Gasteiger partial charge is 0.313 e. The van der Waals surface area contributed by atoms with Crippen molar-refractivity contribution in [3.63, 3.8) is 0 Å². The Kier molecular flexibility index (Phi) is 4.60. The molecule has 6 heteroatoms. The predicted octanol–water partition coefficient (Wildman–Crippen LogP) is -0.244. The molecule has 0 bridgehead atoms. The van der Waals surface area contributed by atoms with E-state index in [2.05, 4.69) is 21.5 Å². The van der Waals surface area contributed by atoms with Crippen LogP contribution in [0.4, 0.5) is 5.95 Å². The van der Waals surface area contributed by atoms with E-state index in [1.54, 1.807) is 16.4 Å². The van der Waals surface area contributed by atoms with Crippen LogP contribution < -0.4 is 4.68 Å². The number of nitrogens with zero attached hydrogens (tertiary/aromatic N) is 5. The number of rotatable bonds is 1. The van der Waals surface area contributed by atoms with E-state index in [9.17, 15) is 0 Å². The average molecular weight is 228 g/mol. The van der Waals surface area contributed by atoms with Crippen LogP contribution in [0.1, 0.15) is 0 Å². The van der Waals surface area contributed by atoms with Crippen LogP contribution in [0.15, 0.2) is 10.2 Å². The molecule has 0 saturated heterocycles. The van der Waals surface area contributed by atoms with Crippen LogP contribution in [0.3, 0.4) is 0 Å². The van der Waals surface area contributed by atoms with Crippen LogP contribution >= 0.6 is 0 Å². The Hall–Kier alpha value is -0.156. The maximum atomic E-state index is 3.85. The summed E-state index contributed by atoms with van der Waals surface area (Å²) in [5.41, 5.74) is 0. The molecular formula is C5H9N5Y.